The average Bonchev–Trinajstić information content (AvgIpc) is 2.39. The van der Waals surface area contributed by atoms with Crippen LogP contribution in [0.3, 0.4) is 0 Å². The zero-order valence-corrected chi connectivity index (χ0v) is 11.5. The van der Waals surface area contributed by atoms with Gasteiger partial charge in [0.15, 0.2) is 5.82 Å². The van der Waals surface area contributed by atoms with Crippen LogP contribution in [-0.4, -0.2) is 28.6 Å². The number of anilines is 1. The molecular formula is C14H18N4O. The van der Waals surface area contributed by atoms with Crippen LogP contribution in [0.2, 0.25) is 0 Å². The molecule has 0 radical (unpaired) electrons. The first-order valence-electron chi connectivity index (χ1n) is 6.26. The second-order valence-corrected chi connectivity index (χ2v) is 4.25. The quantitative estimate of drug-likeness (QED) is 0.892. The Hall–Kier alpha value is -2.01. The van der Waals surface area contributed by atoms with Crippen molar-refractivity contribution in [3.63, 3.8) is 0 Å². The summed E-state index contributed by atoms with van der Waals surface area (Å²) in [6.45, 7) is 5.32. The second kappa shape index (κ2) is 6.24. The number of ether oxygens (including phenoxy) is 1. The molecule has 0 unspecified atom stereocenters. The van der Waals surface area contributed by atoms with Crippen molar-refractivity contribution in [1.29, 1.82) is 0 Å². The lowest BCUT2D eigenvalue weighted by Crippen LogP contribution is -2.05. The minimum atomic E-state index is 0.458. The normalized spacial score (nSPS) is 10.5. The molecule has 1 N–H and O–H groups in total. The lowest BCUT2D eigenvalue weighted by molar-refractivity contribution is 0.181. The molecule has 0 atom stereocenters. The zero-order chi connectivity index (χ0) is 13.7. The molecule has 0 aliphatic rings. The molecule has 5 nitrogen and oxygen atoms in total. The van der Waals surface area contributed by atoms with Gasteiger partial charge in [0, 0.05) is 25.9 Å². The van der Waals surface area contributed by atoms with Gasteiger partial charge in [-0.3, -0.25) is 4.98 Å². The molecule has 100 valence electrons. The molecule has 0 bridgehead atoms. The number of pyridine rings is 1. The van der Waals surface area contributed by atoms with Crippen LogP contribution in [0.5, 0.6) is 0 Å². The highest BCUT2D eigenvalue weighted by Crippen LogP contribution is 2.17. The van der Waals surface area contributed by atoms with Crippen molar-refractivity contribution in [3.05, 3.63) is 35.7 Å². The Morgan fingerprint density at radius 1 is 1.26 bits per heavy atom. The van der Waals surface area contributed by atoms with Crippen LogP contribution in [0.15, 0.2) is 24.4 Å². The Bertz CT molecular complexity index is 533. The highest BCUT2D eigenvalue weighted by atomic mass is 16.5. The molecule has 0 saturated heterocycles. The first kappa shape index (κ1) is 13.4. The van der Waals surface area contributed by atoms with Gasteiger partial charge in [-0.2, -0.15) is 0 Å². The van der Waals surface area contributed by atoms with E-state index in [2.05, 4.69) is 20.3 Å². The fourth-order valence-corrected chi connectivity index (χ4v) is 1.76. The van der Waals surface area contributed by atoms with E-state index in [0.29, 0.717) is 12.4 Å². The maximum Gasteiger partial charge on any atom is 0.180 e. The molecule has 0 spiro atoms. The van der Waals surface area contributed by atoms with E-state index in [4.69, 9.17) is 4.74 Å². The van der Waals surface area contributed by atoms with E-state index in [1.165, 1.54) is 0 Å². The summed E-state index contributed by atoms with van der Waals surface area (Å²) >= 11 is 0. The molecule has 0 aliphatic carbocycles. The molecule has 5 heteroatoms. The van der Waals surface area contributed by atoms with E-state index in [-0.39, 0.29) is 0 Å². The largest absolute Gasteiger partial charge is 0.378 e. The van der Waals surface area contributed by atoms with Gasteiger partial charge >= 0.3 is 0 Å². The Balaban J connectivity index is 2.43. The van der Waals surface area contributed by atoms with Gasteiger partial charge in [0.25, 0.3) is 0 Å². The van der Waals surface area contributed by atoms with Crippen LogP contribution >= 0.6 is 0 Å². The second-order valence-electron chi connectivity index (χ2n) is 4.25. The maximum atomic E-state index is 5.14. The molecule has 2 aromatic rings. The molecule has 2 rings (SSSR count). The van der Waals surface area contributed by atoms with Gasteiger partial charge in [-0.1, -0.05) is 0 Å². The summed E-state index contributed by atoms with van der Waals surface area (Å²) in [4.78, 5) is 13.3. The summed E-state index contributed by atoms with van der Waals surface area (Å²) in [5, 5.41) is 3.20. The Morgan fingerprint density at radius 3 is 2.79 bits per heavy atom. The van der Waals surface area contributed by atoms with E-state index in [1.54, 1.807) is 13.3 Å². The van der Waals surface area contributed by atoms with E-state index >= 15 is 0 Å². The Morgan fingerprint density at radius 2 is 2.11 bits per heavy atom. The molecule has 0 aromatic carbocycles. The molecule has 19 heavy (non-hydrogen) atoms. The van der Waals surface area contributed by atoms with Gasteiger partial charge in [0.1, 0.15) is 11.5 Å². The third kappa shape index (κ3) is 3.48. The van der Waals surface area contributed by atoms with Gasteiger partial charge < -0.3 is 10.1 Å². The van der Waals surface area contributed by atoms with Gasteiger partial charge in [-0.15, -0.1) is 0 Å². The SMILES string of the molecule is CCNc1cc(COC)nc(-c2cc(C)ccn2)n1. The van der Waals surface area contributed by atoms with E-state index in [0.717, 1.165) is 29.3 Å². The van der Waals surface area contributed by atoms with Crippen molar-refractivity contribution < 1.29 is 4.74 Å². The van der Waals surface area contributed by atoms with Crippen LogP contribution < -0.4 is 5.32 Å². The number of nitrogens with one attached hydrogen (secondary N) is 1. The molecule has 2 heterocycles. The Kier molecular flexibility index (Phi) is 4.41. The highest BCUT2D eigenvalue weighted by Gasteiger charge is 2.08. The van der Waals surface area contributed by atoms with Crippen LogP contribution in [0, 0.1) is 6.92 Å². The predicted molar refractivity (Wildman–Crippen MR) is 74.9 cm³/mol. The van der Waals surface area contributed by atoms with Crippen molar-refractivity contribution in [2.75, 3.05) is 19.0 Å². The van der Waals surface area contributed by atoms with Crippen molar-refractivity contribution in [2.24, 2.45) is 0 Å². The van der Waals surface area contributed by atoms with Crippen molar-refractivity contribution in [1.82, 2.24) is 15.0 Å². The summed E-state index contributed by atoms with van der Waals surface area (Å²) in [6.07, 6.45) is 1.77. The number of aromatic nitrogens is 3. The first-order valence-corrected chi connectivity index (χ1v) is 6.26. The topological polar surface area (TPSA) is 59.9 Å². The van der Waals surface area contributed by atoms with E-state index < -0.39 is 0 Å². The summed E-state index contributed by atoms with van der Waals surface area (Å²) in [5.41, 5.74) is 2.75. The minimum absolute atomic E-state index is 0.458. The molecule has 0 aliphatic heterocycles. The lowest BCUT2D eigenvalue weighted by Gasteiger charge is -2.08. The molecule has 0 saturated carbocycles. The third-order valence-corrected chi connectivity index (χ3v) is 2.57. The minimum Gasteiger partial charge on any atom is -0.378 e. The average molecular weight is 258 g/mol. The standard InChI is InChI=1S/C14H18N4O/c1-4-15-13-8-11(9-19-3)17-14(18-13)12-7-10(2)5-6-16-12/h5-8H,4,9H2,1-3H3,(H,15,17,18). The Labute approximate surface area is 113 Å². The van der Waals surface area contributed by atoms with Crippen LogP contribution in [-0.2, 0) is 11.3 Å². The zero-order valence-electron chi connectivity index (χ0n) is 11.5. The maximum absolute atomic E-state index is 5.14. The van der Waals surface area contributed by atoms with Crippen molar-refractivity contribution >= 4 is 5.82 Å². The van der Waals surface area contributed by atoms with E-state index in [1.807, 2.05) is 32.0 Å². The lowest BCUT2D eigenvalue weighted by atomic mass is 10.2. The number of aryl methyl sites for hydroxylation is 1. The van der Waals surface area contributed by atoms with Crippen LogP contribution in [0.4, 0.5) is 5.82 Å². The number of methoxy groups -OCH3 is 1. The summed E-state index contributed by atoms with van der Waals surface area (Å²) < 4.78 is 5.14. The monoisotopic (exact) mass is 258 g/mol. The van der Waals surface area contributed by atoms with Gasteiger partial charge in [0.2, 0.25) is 0 Å². The highest BCUT2D eigenvalue weighted by molar-refractivity contribution is 5.53. The van der Waals surface area contributed by atoms with Crippen LogP contribution in [0.25, 0.3) is 11.5 Å². The molecule has 2 aromatic heterocycles. The molecule has 0 fully saturated rings. The third-order valence-electron chi connectivity index (χ3n) is 2.57. The van der Waals surface area contributed by atoms with Crippen molar-refractivity contribution in [3.8, 4) is 11.5 Å². The van der Waals surface area contributed by atoms with Gasteiger partial charge in [-0.25, -0.2) is 9.97 Å². The first-order chi connectivity index (χ1) is 9.22. The summed E-state index contributed by atoms with van der Waals surface area (Å²) in [5.74, 6) is 1.41. The van der Waals surface area contributed by atoms with Crippen molar-refractivity contribution in [2.45, 2.75) is 20.5 Å². The summed E-state index contributed by atoms with van der Waals surface area (Å²) in [6, 6.07) is 5.82. The fourth-order valence-electron chi connectivity index (χ4n) is 1.76. The number of hydrogen-bond acceptors (Lipinski definition) is 5. The number of nitrogens with zero attached hydrogens (tertiary/aromatic N) is 3. The number of rotatable bonds is 5. The molecule has 0 amide bonds. The van der Waals surface area contributed by atoms with Gasteiger partial charge in [0.05, 0.1) is 12.3 Å². The van der Waals surface area contributed by atoms with Gasteiger partial charge in [-0.05, 0) is 31.5 Å². The predicted octanol–water partition coefficient (Wildman–Crippen LogP) is 2.43. The fraction of sp³-hybridized carbons (Fsp3) is 0.357. The van der Waals surface area contributed by atoms with E-state index in [9.17, 15) is 0 Å². The molecular weight excluding hydrogens is 240 g/mol. The summed E-state index contributed by atoms with van der Waals surface area (Å²) in [7, 11) is 1.65. The smallest absolute Gasteiger partial charge is 0.180 e. The van der Waals surface area contributed by atoms with Crippen LogP contribution in [0.1, 0.15) is 18.2 Å². The number of hydrogen-bond donors (Lipinski definition) is 1.